The molecule has 25 heavy (non-hydrogen) atoms. The molecule has 134 valence electrons. The molecular formula is C18H24N4O2S. The van der Waals surface area contributed by atoms with Crippen LogP contribution < -0.4 is 5.32 Å². The summed E-state index contributed by atoms with van der Waals surface area (Å²) in [6.45, 7) is 5.58. The van der Waals surface area contributed by atoms with Crippen molar-refractivity contribution in [3.8, 4) is 0 Å². The summed E-state index contributed by atoms with van der Waals surface area (Å²) in [5.41, 5.74) is 2.06. The molecule has 0 atom stereocenters. The second kappa shape index (κ2) is 11.3. The molecule has 0 fully saturated rings. The molecule has 0 unspecified atom stereocenters. The van der Waals surface area contributed by atoms with Gasteiger partial charge < -0.3 is 5.32 Å². The van der Waals surface area contributed by atoms with Gasteiger partial charge in [0.05, 0.1) is 10.8 Å². The Morgan fingerprint density at radius 3 is 2.44 bits per heavy atom. The van der Waals surface area contributed by atoms with Gasteiger partial charge in [0.2, 0.25) is 0 Å². The zero-order chi connectivity index (χ0) is 18.7. The molecule has 0 spiro atoms. The predicted octanol–water partition coefficient (Wildman–Crippen LogP) is 3.15. The zero-order valence-electron chi connectivity index (χ0n) is 15.1. The summed E-state index contributed by atoms with van der Waals surface area (Å²) in [6.07, 6.45) is 2.42. The van der Waals surface area contributed by atoms with E-state index in [9.17, 15) is 9.59 Å². The lowest BCUT2D eigenvalue weighted by atomic mass is 10.1. The fourth-order valence-electron chi connectivity index (χ4n) is 1.94. The number of hydrogen-bond acceptors (Lipinski definition) is 4. The number of amidine groups is 1. The molecule has 1 N–H and O–H groups in total. The van der Waals surface area contributed by atoms with Gasteiger partial charge in [-0.05, 0) is 32.8 Å². The smallest absolute Gasteiger partial charge is 0.336 e. The number of amides is 2. The van der Waals surface area contributed by atoms with Crippen LogP contribution in [0.3, 0.4) is 0 Å². The number of nitrogens with one attached hydrogen (secondary N) is 1. The van der Waals surface area contributed by atoms with Gasteiger partial charge >= 0.3 is 6.03 Å². The maximum atomic E-state index is 11.7. The first-order valence-corrected chi connectivity index (χ1v) is 8.95. The van der Waals surface area contributed by atoms with Gasteiger partial charge in [0.1, 0.15) is 5.78 Å². The Labute approximate surface area is 152 Å². The molecule has 0 aliphatic rings. The van der Waals surface area contributed by atoms with Crippen molar-refractivity contribution in [2.24, 2.45) is 15.0 Å². The van der Waals surface area contributed by atoms with Crippen molar-refractivity contribution in [3.63, 3.8) is 0 Å². The molecule has 1 rings (SSSR count). The van der Waals surface area contributed by atoms with Gasteiger partial charge in [0, 0.05) is 25.4 Å². The van der Waals surface area contributed by atoms with Crippen LogP contribution in [0.25, 0.3) is 0 Å². The van der Waals surface area contributed by atoms with E-state index in [4.69, 9.17) is 0 Å². The molecule has 6 nitrogen and oxygen atoms in total. The van der Waals surface area contributed by atoms with E-state index in [1.807, 2.05) is 31.2 Å². The van der Waals surface area contributed by atoms with Crippen molar-refractivity contribution < 1.29 is 9.59 Å². The molecule has 2 amide bonds. The minimum atomic E-state index is -0.386. The van der Waals surface area contributed by atoms with Crippen LogP contribution in [-0.2, 0) is 11.2 Å². The summed E-state index contributed by atoms with van der Waals surface area (Å²) in [5, 5.41) is 3.33. The van der Waals surface area contributed by atoms with E-state index < -0.39 is 0 Å². The van der Waals surface area contributed by atoms with Crippen molar-refractivity contribution in [2.45, 2.75) is 27.2 Å². The molecule has 0 bridgehead atoms. The maximum Gasteiger partial charge on any atom is 0.341 e. The number of urea groups is 1. The Bertz CT molecular complexity index is 679. The highest BCUT2D eigenvalue weighted by atomic mass is 32.2. The highest BCUT2D eigenvalue weighted by Gasteiger charge is 2.03. The number of aliphatic imine (C=N–C) groups is 3. The van der Waals surface area contributed by atoms with Crippen molar-refractivity contribution >= 4 is 40.7 Å². The van der Waals surface area contributed by atoms with E-state index in [0.29, 0.717) is 29.6 Å². The largest absolute Gasteiger partial charge is 0.341 e. The van der Waals surface area contributed by atoms with Crippen LogP contribution in [0.5, 0.6) is 0 Å². The third-order valence-electron chi connectivity index (χ3n) is 3.11. The second-order valence-corrected chi connectivity index (χ2v) is 6.40. The van der Waals surface area contributed by atoms with Gasteiger partial charge in [-0.3, -0.25) is 9.79 Å². The minimum Gasteiger partial charge on any atom is -0.336 e. The van der Waals surface area contributed by atoms with Crippen LogP contribution in [0, 0.1) is 0 Å². The van der Waals surface area contributed by atoms with Crippen LogP contribution in [0.1, 0.15) is 31.9 Å². The third-order valence-corrected chi connectivity index (χ3v) is 4.17. The number of rotatable bonds is 6. The number of ketones is 1. The molecule has 0 saturated heterocycles. The van der Waals surface area contributed by atoms with Gasteiger partial charge in [-0.15, -0.1) is 11.8 Å². The lowest BCUT2D eigenvalue weighted by Gasteiger charge is -2.05. The summed E-state index contributed by atoms with van der Waals surface area (Å²) in [6, 6.07) is 7.53. The standard InChI is InChI=1S/C18H24N4O2S/c1-5-20-17(19-4)16-8-6-15(7-9-16)10-11-21-18(24)22-14(3)25-12-13(2)23/h5-9H,10-12H2,1-4H3,(H,21,24)/b19-17?,20-5?,22-14-. The zero-order valence-corrected chi connectivity index (χ0v) is 15.9. The fourth-order valence-corrected chi connectivity index (χ4v) is 2.50. The number of Topliss-reactive ketones (excluding diaryl/α,β-unsaturated/α-hetero) is 1. The molecule has 0 saturated carbocycles. The van der Waals surface area contributed by atoms with Crippen molar-refractivity contribution in [1.82, 2.24) is 5.32 Å². The van der Waals surface area contributed by atoms with Gasteiger partial charge in [0.15, 0.2) is 5.84 Å². The Balaban J connectivity index is 2.47. The first-order valence-electron chi connectivity index (χ1n) is 7.96. The molecule has 1 aromatic rings. The number of carbonyl (C=O) groups excluding carboxylic acids is 2. The SMILES string of the molecule is CC=NC(=NC)c1ccc(CCNC(=O)/N=C(/C)SCC(C)=O)cc1. The number of nitrogens with zero attached hydrogens (tertiary/aromatic N) is 3. The van der Waals surface area contributed by atoms with E-state index in [0.717, 1.165) is 11.1 Å². The number of thioether (sulfide) groups is 1. The first kappa shape index (κ1) is 20.8. The average Bonchev–Trinajstić information content (AvgIpc) is 2.58. The molecule has 0 aliphatic carbocycles. The second-order valence-electron chi connectivity index (χ2n) is 5.23. The Morgan fingerprint density at radius 2 is 1.88 bits per heavy atom. The highest BCUT2D eigenvalue weighted by Crippen LogP contribution is 2.07. The van der Waals surface area contributed by atoms with E-state index >= 15 is 0 Å². The fraction of sp³-hybridized carbons (Fsp3) is 0.389. The van der Waals surface area contributed by atoms with Crippen molar-refractivity contribution in [3.05, 3.63) is 35.4 Å². The molecular weight excluding hydrogens is 336 g/mol. The predicted molar refractivity (Wildman–Crippen MR) is 106 cm³/mol. The summed E-state index contributed by atoms with van der Waals surface area (Å²) >= 11 is 1.27. The highest BCUT2D eigenvalue weighted by molar-refractivity contribution is 8.14. The first-order chi connectivity index (χ1) is 12.0. The molecule has 1 aromatic carbocycles. The monoisotopic (exact) mass is 360 g/mol. The van der Waals surface area contributed by atoms with Gasteiger partial charge in [-0.25, -0.2) is 9.79 Å². The van der Waals surface area contributed by atoms with E-state index in [2.05, 4.69) is 20.3 Å². The number of benzene rings is 1. The quantitative estimate of drug-likeness (QED) is 0.625. The average molecular weight is 360 g/mol. The molecule has 0 aromatic heterocycles. The van der Waals surface area contributed by atoms with Gasteiger partial charge in [0.25, 0.3) is 0 Å². The third kappa shape index (κ3) is 8.39. The lowest BCUT2D eigenvalue weighted by molar-refractivity contribution is -0.114. The van der Waals surface area contributed by atoms with Gasteiger partial charge in [-0.1, -0.05) is 24.3 Å². The summed E-state index contributed by atoms with van der Waals surface area (Å²) in [7, 11) is 1.71. The molecule has 7 heteroatoms. The van der Waals surface area contributed by atoms with Crippen LogP contribution >= 0.6 is 11.8 Å². The van der Waals surface area contributed by atoms with Crippen molar-refractivity contribution in [1.29, 1.82) is 0 Å². The molecule has 0 aliphatic heterocycles. The topological polar surface area (TPSA) is 83.2 Å². The molecule has 0 heterocycles. The molecule has 0 radical (unpaired) electrons. The van der Waals surface area contributed by atoms with E-state index in [1.165, 1.54) is 18.7 Å². The van der Waals surface area contributed by atoms with E-state index in [1.54, 1.807) is 20.2 Å². The normalized spacial score (nSPS) is 12.5. The number of carbonyl (C=O) groups is 2. The van der Waals surface area contributed by atoms with Crippen molar-refractivity contribution in [2.75, 3.05) is 19.3 Å². The summed E-state index contributed by atoms with van der Waals surface area (Å²) in [4.78, 5) is 34.9. The number of hydrogen-bond donors (Lipinski definition) is 1. The Hall–Kier alpha value is -2.28. The Morgan fingerprint density at radius 1 is 1.20 bits per heavy atom. The van der Waals surface area contributed by atoms with Crippen LogP contribution in [0.4, 0.5) is 4.79 Å². The van der Waals surface area contributed by atoms with Crippen LogP contribution in [0.15, 0.2) is 39.2 Å². The van der Waals surface area contributed by atoms with Crippen LogP contribution in [-0.4, -0.2) is 48.3 Å². The minimum absolute atomic E-state index is 0.0595. The maximum absolute atomic E-state index is 11.7. The summed E-state index contributed by atoms with van der Waals surface area (Å²) in [5.74, 6) is 1.08. The van der Waals surface area contributed by atoms with Crippen LogP contribution in [0.2, 0.25) is 0 Å². The summed E-state index contributed by atoms with van der Waals surface area (Å²) < 4.78 is 0. The Kier molecular flexibility index (Phi) is 9.39. The van der Waals surface area contributed by atoms with E-state index in [-0.39, 0.29) is 11.8 Å². The van der Waals surface area contributed by atoms with Gasteiger partial charge in [-0.2, -0.15) is 4.99 Å². The lowest BCUT2D eigenvalue weighted by Crippen LogP contribution is -2.23.